The number of amides is 1. The summed E-state index contributed by atoms with van der Waals surface area (Å²) in [7, 11) is 0. The largest absolute Gasteiger partial charge is 0.412 e. The Balaban J connectivity index is 0.00000228. The second-order valence-corrected chi connectivity index (χ2v) is 12.7. The second-order valence-electron chi connectivity index (χ2n) is 12.1. The summed E-state index contributed by atoms with van der Waals surface area (Å²) < 4.78 is 0. The van der Waals surface area contributed by atoms with Gasteiger partial charge >= 0.3 is 0 Å². The average molecular weight is 543 g/mol. The van der Waals surface area contributed by atoms with Gasteiger partial charge < -0.3 is 21.2 Å². The maximum atomic E-state index is 13.7. The maximum Gasteiger partial charge on any atom is 0.239 e. The summed E-state index contributed by atoms with van der Waals surface area (Å²) in [5.41, 5.74) is 3.19. The van der Waals surface area contributed by atoms with Crippen LogP contribution in [0.4, 0.5) is 0 Å². The number of allylic oxidation sites excluding steroid dienone is 3. The molecule has 2 aliphatic carbocycles. The molecule has 7 nitrogen and oxygen atoms in total. The summed E-state index contributed by atoms with van der Waals surface area (Å²) in [5, 5.41) is 11.3. The minimum Gasteiger partial charge on any atom is -0.412 e. The van der Waals surface area contributed by atoms with Gasteiger partial charge in [-0.25, -0.2) is 0 Å². The SMILES string of the molecule is C.CC(C)[C@@H](NCC1CNC(C2=CCCCC2)N1)C(=O)N1CCC(C2=CCC(Cl)CC2)C(C)(C)C1.O.O. The number of alkyl halides is 1. The first-order valence-electron chi connectivity index (χ1n) is 13.8. The van der Waals surface area contributed by atoms with E-state index in [-0.39, 0.29) is 41.7 Å². The fraction of sp³-hybridized carbons (Fsp3) is 0.828. The standard InChI is InChI=1S/C28H47ClN4O.CH4.2H2O/c1-19(2)25(30-16-23-17-31-26(32-23)21-8-6-5-7-9-21)27(34)33-15-14-24(28(3,4)18-33)20-10-12-22(29)13-11-20;;;/h8,10,19,22-26,30-32H,5-7,9,11-18H2,1-4H3;1H4;2*1H2/t22?,23?,24?,25-,26?;;;/m1.../s1. The molecule has 4 unspecified atom stereocenters. The van der Waals surface area contributed by atoms with Crippen LogP contribution >= 0.6 is 11.6 Å². The molecule has 0 aromatic carbocycles. The molecule has 216 valence electrons. The topological polar surface area (TPSA) is 119 Å². The van der Waals surface area contributed by atoms with E-state index in [2.05, 4.69) is 60.7 Å². The molecule has 0 spiro atoms. The van der Waals surface area contributed by atoms with Gasteiger partial charge in [-0.3, -0.25) is 15.4 Å². The van der Waals surface area contributed by atoms with Gasteiger partial charge in [0, 0.05) is 37.6 Å². The highest BCUT2D eigenvalue weighted by Crippen LogP contribution is 2.43. The fourth-order valence-electron chi connectivity index (χ4n) is 6.55. The molecule has 4 rings (SSSR count). The predicted molar refractivity (Wildman–Crippen MR) is 156 cm³/mol. The van der Waals surface area contributed by atoms with Crippen LogP contribution < -0.4 is 16.0 Å². The first-order valence-corrected chi connectivity index (χ1v) is 14.2. The molecule has 5 atom stereocenters. The van der Waals surface area contributed by atoms with E-state index in [9.17, 15) is 4.79 Å². The molecule has 0 bridgehead atoms. The van der Waals surface area contributed by atoms with Crippen LogP contribution in [-0.4, -0.2) is 71.6 Å². The molecule has 2 aliphatic heterocycles. The summed E-state index contributed by atoms with van der Waals surface area (Å²) >= 11 is 6.33. The quantitative estimate of drug-likeness (QED) is 0.336. The highest BCUT2D eigenvalue weighted by atomic mass is 35.5. The van der Waals surface area contributed by atoms with Crippen LogP contribution in [0, 0.1) is 17.3 Å². The Morgan fingerprint density at radius 1 is 1.16 bits per heavy atom. The van der Waals surface area contributed by atoms with Crippen LogP contribution in [0.2, 0.25) is 0 Å². The number of likely N-dealkylation sites (tertiary alicyclic amines) is 1. The van der Waals surface area contributed by atoms with Crippen molar-refractivity contribution in [3.63, 3.8) is 0 Å². The lowest BCUT2D eigenvalue weighted by Gasteiger charge is -2.47. The molecule has 2 heterocycles. The van der Waals surface area contributed by atoms with E-state index in [0.717, 1.165) is 51.9 Å². The average Bonchev–Trinajstić information content (AvgIpc) is 3.29. The Labute approximate surface area is 230 Å². The van der Waals surface area contributed by atoms with E-state index in [1.165, 1.54) is 31.3 Å². The van der Waals surface area contributed by atoms with Crippen molar-refractivity contribution in [3.8, 4) is 0 Å². The van der Waals surface area contributed by atoms with Crippen LogP contribution in [0.1, 0.15) is 86.5 Å². The second kappa shape index (κ2) is 15.0. The molecular weight excluding hydrogens is 488 g/mol. The third-order valence-corrected chi connectivity index (χ3v) is 8.95. The van der Waals surface area contributed by atoms with Crippen molar-refractivity contribution >= 4 is 17.5 Å². The van der Waals surface area contributed by atoms with Crippen molar-refractivity contribution in [2.75, 3.05) is 26.2 Å². The zero-order valence-electron chi connectivity index (χ0n) is 22.8. The van der Waals surface area contributed by atoms with Gasteiger partial charge in [-0.05, 0) is 74.2 Å². The molecule has 37 heavy (non-hydrogen) atoms. The molecular formula is C29H55ClN4O3. The third kappa shape index (κ3) is 8.51. The van der Waals surface area contributed by atoms with Gasteiger partial charge in [0.2, 0.25) is 5.91 Å². The van der Waals surface area contributed by atoms with Gasteiger partial charge in [0.05, 0.1) is 12.2 Å². The van der Waals surface area contributed by atoms with Gasteiger partial charge in [-0.2, -0.15) is 0 Å². The summed E-state index contributed by atoms with van der Waals surface area (Å²) in [6, 6.07) is 0.223. The molecule has 1 amide bonds. The van der Waals surface area contributed by atoms with Gasteiger partial charge in [-0.1, -0.05) is 52.8 Å². The van der Waals surface area contributed by atoms with E-state index in [1.54, 1.807) is 5.57 Å². The van der Waals surface area contributed by atoms with E-state index >= 15 is 0 Å². The third-order valence-electron chi connectivity index (χ3n) is 8.56. The molecule has 0 radical (unpaired) electrons. The monoisotopic (exact) mass is 542 g/mol. The summed E-state index contributed by atoms with van der Waals surface area (Å²) in [6.45, 7) is 12.5. The fourth-order valence-corrected chi connectivity index (χ4v) is 6.75. The number of rotatable bonds is 7. The van der Waals surface area contributed by atoms with Crippen LogP contribution in [0.3, 0.4) is 0 Å². The Morgan fingerprint density at radius 3 is 2.51 bits per heavy atom. The van der Waals surface area contributed by atoms with Crippen LogP contribution in [0.15, 0.2) is 23.3 Å². The minimum atomic E-state index is -0.131. The number of nitrogens with one attached hydrogen (secondary N) is 3. The molecule has 4 aliphatic rings. The van der Waals surface area contributed by atoms with Crippen LogP contribution in [-0.2, 0) is 4.79 Å². The van der Waals surface area contributed by atoms with E-state index in [4.69, 9.17) is 11.6 Å². The first-order chi connectivity index (χ1) is 16.2. The number of hydrogen-bond acceptors (Lipinski definition) is 4. The normalized spacial score (nSPS) is 30.3. The van der Waals surface area contributed by atoms with E-state index in [1.807, 2.05) is 0 Å². The Morgan fingerprint density at radius 2 is 1.92 bits per heavy atom. The van der Waals surface area contributed by atoms with Gasteiger partial charge in [0.25, 0.3) is 0 Å². The van der Waals surface area contributed by atoms with E-state index < -0.39 is 0 Å². The number of piperidine rings is 1. The highest BCUT2D eigenvalue weighted by Gasteiger charge is 2.41. The Hall–Kier alpha value is -0.960. The highest BCUT2D eigenvalue weighted by molar-refractivity contribution is 6.20. The minimum absolute atomic E-state index is 0. The number of carbonyl (C=O) groups is 1. The van der Waals surface area contributed by atoms with Crippen molar-refractivity contribution in [2.45, 2.75) is 110 Å². The van der Waals surface area contributed by atoms with Crippen molar-refractivity contribution in [1.29, 1.82) is 0 Å². The summed E-state index contributed by atoms with van der Waals surface area (Å²) in [4.78, 5) is 15.8. The van der Waals surface area contributed by atoms with Gasteiger partial charge in [0.1, 0.15) is 0 Å². The van der Waals surface area contributed by atoms with Crippen molar-refractivity contribution in [2.24, 2.45) is 17.3 Å². The Bertz CT molecular complexity index is 785. The number of carbonyl (C=O) groups excluding carboxylic acids is 1. The lowest BCUT2D eigenvalue weighted by molar-refractivity contribution is -0.138. The Kier molecular flexibility index (Phi) is 13.8. The van der Waals surface area contributed by atoms with Gasteiger partial charge in [-0.15, -0.1) is 11.6 Å². The lowest BCUT2D eigenvalue weighted by atomic mass is 9.68. The van der Waals surface area contributed by atoms with Crippen LogP contribution in [0.5, 0.6) is 0 Å². The van der Waals surface area contributed by atoms with Crippen molar-refractivity contribution < 1.29 is 15.7 Å². The number of halogens is 1. The molecule has 0 saturated carbocycles. The number of nitrogens with zero attached hydrogens (tertiary/aromatic N) is 1. The first kappa shape index (κ1) is 34.1. The van der Waals surface area contributed by atoms with Crippen molar-refractivity contribution in [1.82, 2.24) is 20.9 Å². The molecule has 7 N–H and O–H groups in total. The number of hydrogen-bond donors (Lipinski definition) is 3. The van der Waals surface area contributed by atoms with Gasteiger partial charge in [0.15, 0.2) is 0 Å². The van der Waals surface area contributed by atoms with Crippen LogP contribution in [0.25, 0.3) is 0 Å². The maximum absolute atomic E-state index is 13.7. The summed E-state index contributed by atoms with van der Waals surface area (Å²) in [5.74, 6) is 1.10. The molecule has 8 heteroatoms. The zero-order chi connectivity index (χ0) is 24.3. The summed E-state index contributed by atoms with van der Waals surface area (Å²) in [6.07, 6.45) is 14.4. The van der Waals surface area contributed by atoms with Crippen molar-refractivity contribution in [3.05, 3.63) is 23.3 Å². The molecule has 2 saturated heterocycles. The zero-order valence-corrected chi connectivity index (χ0v) is 23.6. The van der Waals surface area contributed by atoms with E-state index in [0.29, 0.717) is 23.5 Å². The molecule has 2 fully saturated rings. The predicted octanol–water partition coefficient (Wildman–Crippen LogP) is 3.57. The molecule has 0 aromatic heterocycles. The lowest BCUT2D eigenvalue weighted by Crippen LogP contribution is -2.57. The smallest absolute Gasteiger partial charge is 0.239 e. The molecule has 0 aromatic rings.